The molecule has 0 spiro atoms. The first-order valence-corrected chi connectivity index (χ1v) is 9.73. The van der Waals surface area contributed by atoms with E-state index in [9.17, 15) is 9.59 Å². The van der Waals surface area contributed by atoms with Crippen LogP contribution < -0.4 is 5.32 Å². The molecule has 9 nitrogen and oxygen atoms in total. The molecule has 3 aromatic heterocycles. The lowest BCUT2D eigenvalue weighted by atomic mass is 10.2. The summed E-state index contributed by atoms with van der Waals surface area (Å²) >= 11 is 0. The first-order chi connectivity index (χ1) is 14.1. The summed E-state index contributed by atoms with van der Waals surface area (Å²) in [5, 5.41) is 10.5. The summed E-state index contributed by atoms with van der Waals surface area (Å²) < 4.78 is 12.2. The Hall–Kier alpha value is -3.36. The highest BCUT2D eigenvalue weighted by molar-refractivity contribution is 5.94. The van der Waals surface area contributed by atoms with E-state index in [4.69, 9.17) is 9.05 Å². The van der Waals surface area contributed by atoms with Crippen LogP contribution in [0, 0.1) is 6.92 Å². The number of fused-ring (bicyclic) bond motifs is 1. The molecule has 0 aliphatic carbocycles. The second kappa shape index (κ2) is 7.94. The van der Waals surface area contributed by atoms with Gasteiger partial charge in [0.15, 0.2) is 11.5 Å². The Labute approximate surface area is 167 Å². The fraction of sp³-hybridized carbons (Fsp3) is 0.400. The van der Waals surface area contributed by atoms with Crippen molar-refractivity contribution in [3.05, 3.63) is 47.2 Å². The van der Waals surface area contributed by atoms with Crippen molar-refractivity contribution in [2.24, 2.45) is 0 Å². The van der Waals surface area contributed by atoms with Gasteiger partial charge in [0.2, 0.25) is 0 Å². The maximum atomic E-state index is 12.7. The van der Waals surface area contributed by atoms with E-state index in [0.29, 0.717) is 29.5 Å². The molecule has 4 rings (SSSR count). The number of aromatic nitrogens is 3. The number of unbranched alkanes of at least 4 members (excludes halogenated alkanes) is 1. The lowest BCUT2D eigenvalue weighted by molar-refractivity contribution is 0.0703. The largest absolute Gasteiger partial charge is 0.361 e. The molecule has 0 bridgehead atoms. The Morgan fingerprint density at radius 2 is 2.00 bits per heavy atom. The van der Waals surface area contributed by atoms with Gasteiger partial charge in [0.1, 0.15) is 17.1 Å². The third kappa shape index (κ3) is 3.80. The second-order valence-electron chi connectivity index (χ2n) is 7.09. The van der Waals surface area contributed by atoms with E-state index in [2.05, 4.69) is 22.6 Å². The highest BCUT2D eigenvalue weighted by atomic mass is 16.5. The summed E-state index contributed by atoms with van der Waals surface area (Å²) in [6.07, 6.45) is 2.07. The van der Waals surface area contributed by atoms with Gasteiger partial charge in [0, 0.05) is 31.8 Å². The van der Waals surface area contributed by atoms with E-state index in [1.807, 2.05) is 21.6 Å². The van der Waals surface area contributed by atoms with Crippen LogP contribution in [-0.4, -0.2) is 44.7 Å². The van der Waals surface area contributed by atoms with Crippen LogP contribution in [0.4, 0.5) is 0 Å². The SMILES string of the molecule is CCCCN1CCn2c(ccc2-c2cc(CNC(=O)c3cc(C)on3)on2)C1=O. The van der Waals surface area contributed by atoms with Crippen LogP contribution in [-0.2, 0) is 13.1 Å². The molecule has 2 amide bonds. The number of carbonyl (C=O) groups excluding carboxylic acids is 2. The van der Waals surface area contributed by atoms with E-state index >= 15 is 0 Å². The predicted octanol–water partition coefficient (Wildman–Crippen LogP) is 2.63. The first-order valence-electron chi connectivity index (χ1n) is 9.73. The van der Waals surface area contributed by atoms with E-state index in [1.54, 1.807) is 19.1 Å². The van der Waals surface area contributed by atoms with Gasteiger partial charge in [-0.1, -0.05) is 23.7 Å². The highest BCUT2D eigenvalue weighted by Gasteiger charge is 2.27. The van der Waals surface area contributed by atoms with E-state index in [1.165, 1.54) is 0 Å². The van der Waals surface area contributed by atoms with Crippen LogP contribution in [0.3, 0.4) is 0 Å². The van der Waals surface area contributed by atoms with Crippen molar-refractivity contribution in [3.8, 4) is 11.4 Å². The van der Waals surface area contributed by atoms with Gasteiger partial charge in [-0.15, -0.1) is 0 Å². The normalized spacial score (nSPS) is 13.6. The lowest BCUT2D eigenvalue weighted by Gasteiger charge is -2.29. The monoisotopic (exact) mass is 397 g/mol. The van der Waals surface area contributed by atoms with Crippen molar-refractivity contribution < 1.29 is 18.6 Å². The minimum absolute atomic E-state index is 0.0508. The number of nitrogens with zero attached hydrogens (tertiary/aromatic N) is 4. The molecule has 29 heavy (non-hydrogen) atoms. The topological polar surface area (TPSA) is 106 Å². The molecule has 0 radical (unpaired) electrons. The first kappa shape index (κ1) is 19.0. The van der Waals surface area contributed by atoms with Crippen molar-refractivity contribution in [3.63, 3.8) is 0 Å². The average molecular weight is 397 g/mol. The van der Waals surface area contributed by atoms with Crippen molar-refractivity contribution in [1.29, 1.82) is 0 Å². The zero-order chi connectivity index (χ0) is 20.4. The quantitative estimate of drug-likeness (QED) is 0.657. The number of hydrogen-bond donors (Lipinski definition) is 1. The Kier molecular flexibility index (Phi) is 5.20. The zero-order valence-electron chi connectivity index (χ0n) is 16.5. The Balaban J connectivity index is 1.44. The van der Waals surface area contributed by atoms with Gasteiger partial charge >= 0.3 is 0 Å². The third-order valence-electron chi connectivity index (χ3n) is 4.97. The van der Waals surface area contributed by atoms with Crippen LogP contribution in [0.5, 0.6) is 0 Å². The Bertz CT molecular complexity index is 1030. The number of nitrogens with one attached hydrogen (secondary N) is 1. The molecule has 0 unspecified atom stereocenters. The molecule has 0 atom stereocenters. The van der Waals surface area contributed by atoms with Crippen LogP contribution in [0.25, 0.3) is 11.4 Å². The van der Waals surface area contributed by atoms with E-state index in [0.717, 1.165) is 31.6 Å². The summed E-state index contributed by atoms with van der Waals surface area (Å²) in [7, 11) is 0. The van der Waals surface area contributed by atoms with Gasteiger partial charge in [0.05, 0.1) is 12.2 Å². The smallest absolute Gasteiger partial charge is 0.273 e. The molecule has 0 saturated heterocycles. The van der Waals surface area contributed by atoms with Crippen LogP contribution in [0.15, 0.2) is 33.3 Å². The zero-order valence-corrected chi connectivity index (χ0v) is 16.5. The molecule has 1 aliphatic rings. The number of rotatable bonds is 7. The average Bonchev–Trinajstić information content (AvgIpc) is 3.45. The van der Waals surface area contributed by atoms with Gasteiger partial charge in [-0.05, 0) is 25.5 Å². The molecule has 0 fully saturated rings. The molecule has 1 aliphatic heterocycles. The molecule has 0 aromatic carbocycles. The molecule has 1 N–H and O–H groups in total. The van der Waals surface area contributed by atoms with Gasteiger partial charge in [-0.2, -0.15) is 0 Å². The molecule has 152 valence electrons. The predicted molar refractivity (Wildman–Crippen MR) is 103 cm³/mol. The second-order valence-corrected chi connectivity index (χ2v) is 7.09. The lowest BCUT2D eigenvalue weighted by Crippen LogP contribution is -2.40. The molecule has 3 aromatic rings. The van der Waals surface area contributed by atoms with E-state index in [-0.39, 0.29) is 24.1 Å². The summed E-state index contributed by atoms with van der Waals surface area (Å²) in [5.41, 5.74) is 2.35. The van der Waals surface area contributed by atoms with Crippen LogP contribution >= 0.6 is 0 Å². The third-order valence-corrected chi connectivity index (χ3v) is 4.97. The van der Waals surface area contributed by atoms with Gasteiger partial charge in [0.25, 0.3) is 11.8 Å². The fourth-order valence-corrected chi connectivity index (χ4v) is 3.41. The fourth-order valence-electron chi connectivity index (χ4n) is 3.41. The number of carbonyl (C=O) groups is 2. The minimum atomic E-state index is -0.349. The summed E-state index contributed by atoms with van der Waals surface area (Å²) in [4.78, 5) is 26.6. The standard InChI is InChI=1S/C20H23N5O4/c1-3-4-7-24-8-9-25-17(5-6-18(25)20(24)27)15-11-14(29-22-15)12-21-19(26)16-10-13(2)28-23-16/h5-6,10-11H,3-4,7-9,12H2,1-2H3,(H,21,26). The number of aryl methyl sites for hydroxylation is 1. The van der Waals surface area contributed by atoms with Gasteiger partial charge in [-0.25, -0.2) is 0 Å². The summed E-state index contributed by atoms with van der Waals surface area (Å²) in [5.74, 6) is 0.779. The van der Waals surface area contributed by atoms with Crippen molar-refractivity contribution >= 4 is 11.8 Å². The van der Waals surface area contributed by atoms with E-state index < -0.39 is 0 Å². The van der Waals surface area contributed by atoms with Crippen LogP contribution in [0.1, 0.15) is 52.3 Å². The van der Waals surface area contributed by atoms with Gasteiger partial charge < -0.3 is 23.8 Å². The molecular weight excluding hydrogens is 374 g/mol. The maximum Gasteiger partial charge on any atom is 0.273 e. The van der Waals surface area contributed by atoms with Crippen molar-refractivity contribution in [1.82, 2.24) is 25.1 Å². The maximum absolute atomic E-state index is 12.7. The number of hydrogen-bond acceptors (Lipinski definition) is 6. The Morgan fingerprint density at radius 1 is 1.17 bits per heavy atom. The minimum Gasteiger partial charge on any atom is -0.361 e. The summed E-state index contributed by atoms with van der Waals surface area (Å²) in [6.45, 7) is 6.21. The van der Waals surface area contributed by atoms with Gasteiger partial charge in [-0.3, -0.25) is 9.59 Å². The van der Waals surface area contributed by atoms with Crippen molar-refractivity contribution in [2.45, 2.75) is 39.8 Å². The molecule has 9 heteroatoms. The molecular formula is C20H23N5O4. The molecule has 4 heterocycles. The molecule has 0 saturated carbocycles. The Morgan fingerprint density at radius 3 is 2.76 bits per heavy atom. The summed E-state index contributed by atoms with van der Waals surface area (Å²) in [6, 6.07) is 7.05. The number of amides is 2. The highest BCUT2D eigenvalue weighted by Crippen LogP contribution is 2.26. The van der Waals surface area contributed by atoms with Crippen molar-refractivity contribution in [2.75, 3.05) is 13.1 Å². The van der Waals surface area contributed by atoms with Crippen LogP contribution in [0.2, 0.25) is 0 Å².